The van der Waals surface area contributed by atoms with Gasteiger partial charge in [-0.15, -0.1) is 0 Å². The van der Waals surface area contributed by atoms with Crippen LogP contribution in [0.4, 0.5) is 0 Å². The molecule has 0 aliphatic heterocycles. The van der Waals surface area contributed by atoms with Crippen LogP contribution in [0.3, 0.4) is 0 Å². The van der Waals surface area contributed by atoms with Crippen LogP contribution in [0.2, 0.25) is 0 Å². The monoisotopic (exact) mass is 227 g/mol. The molecule has 0 aliphatic carbocycles. The first-order valence-corrected chi connectivity index (χ1v) is 5.48. The molecule has 7 heteroatoms. The van der Waals surface area contributed by atoms with Gasteiger partial charge in [-0.05, 0) is 24.5 Å². The lowest BCUT2D eigenvalue weighted by Crippen LogP contribution is -2.28. The predicted molar refractivity (Wildman–Crippen MR) is 55.9 cm³/mol. The average molecular weight is 227 g/mol. The van der Waals surface area contributed by atoms with Gasteiger partial charge in [0, 0.05) is 0 Å². The zero-order chi connectivity index (χ0) is 9.97. The van der Waals surface area contributed by atoms with Gasteiger partial charge in [0.05, 0.1) is 34.2 Å². The number of rotatable bonds is 3. The third-order valence-electron chi connectivity index (χ3n) is 1.77. The maximum atomic E-state index is 5.47. The van der Waals surface area contributed by atoms with Gasteiger partial charge in [-0.2, -0.15) is 13.1 Å². The van der Waals surface area contributed by atoms with Gasteiger partial charge >= 0.3 is 0 Å². The summed E-state index contributed by atoms with van der Waals surface area (Å²) < 4.78 is 12.3. The molecule has 5 nitrogen and oxygen atoms in total. The van der Waals surface area contributed by atoms with Gasteiger partial charge in [0.15, 0.2) is 0 Å². The molecule has 2 rings (SSSR count). The fourth-order valence-corrected chi connectivity index (χ4v) is 2.40. The number of aromatic nitrogens is 3. The van der Waals surface area contributed by atoms with Gasteiger partial charge in [-0.1, -0.05) is 0 Å². The van der Waals surface area contributed by atoms with Gasteiger partial charge in [-0.25, -0.2) is 5.43 Å². The molecular formula is C7H9N5S2. The zero-order valence-electron chi connectivity index (χ0n) is 7.47. The van der Waals surface area contributed by atoms with Crippen LogP contribution in [0, 0.1) is 6.92 Å². The Bertz CT molecular complexity index is 396. The van der Waals surface area contributed by atoms with Crippen LogP contribution < -0.4 is 11.3 Å². The van der Waals surface area contributed by atoms with Gasteiger partial charge in [0.1, 0.15) is 6.04 Å². The van der Waals surface area contributed by atoms with E-state index in [1.54, 1.807) is 6.20 Å². The molecule has 0 saturated heterocycles. The molecule has 2 aromatic heterocycles. The summed E-state index contributed by atoms with van der Waals surface area (Å²) in [7, 11) is 0. The van der Waals surface area contributed by atoms with Gasteiger partial charge in [-0.3, -0.25) is 5.84 Å². The van der Waals surface area contributed by atoms with E-state index >= 15 is 0 Å². The maximum Gasteiger partial charge on any atom is 0.102 e. The number of nitrogens with one attached hydrogen (secondary N) is 1. The summed E-state index contributed by atoms with van der Waals surface area (Å²) in [5.41, 5.74) is 4.54. The van der Waals surface area contributed by atoms with Crippen molar-refractivity contribution < 1.29 is 0 Å². The van der Waals surface area contributed by atoms with E-state index in [0.29, 0.717) is 0 Å². The first-order chi connectivity index (χ1) is 6.81. The van der Waals surface area contributed by atoms with Crippen LogP contribution >= 0.6 is 23.3 Å². The van der Waals surface area contributed by atoms with E-state index in [-0.39, 0.29) is 6.04 Å². The van der Waals surface area contributed by atoms with E-state index in [2.05, 4.69) is 18.5 Å². The number of aryl methyl sites for hydroxylation is 1. The minimum atomic E-state index is -0.0973. The highest BCUT2D eigenvalue weighted by Gasteiger charge is 2.17. The molecule has 0 aliphatic rings. The lowest BCUT2D eigenvalue weighted by molar-refractivity contribution is 0.635. The molecule has 0 bridgehead atoms. The highest BCUT2D eigenvalue weighted by atomic mass is 32.1. The topological polar surface area (TPSA) is 76.7 Å². The molecule has 74 valence electrons. The highest BCUT2D eigenvalue weighted by Crippen LogP contribution is 2.23. The summed E-state index contributed by atoms with van der Waals surface area (Å²) in [5.74, 6) is 5.47. The molecule has 0 spiro atoms. The van der Waals surface area contributed by atoms with E-state index in [4.69, 9.17) is 5.84 Å². The summed E-state index contributed by atoms with van der Waals surface area (Å²) in [6.45, 7) is 1.95. The lowest BCUT2D eigenvalue weighted by atomic mass is 10.2. The standard InChI is InChI=1S/C7H9N5S2/c1-4-2-6(13-11-4)7(10-8)5-3-9-14-12-5/h2-3,7,10H,8H2,1H3. The second kappa shape index (κ2) is 4.09. The molecule has 0 fully saturated rings. The summed E-state index contributed by atoms with van der Waals surface area (Å²) in [6, 6.07) is 1.90. The fourth-order valence-electron chi connectivity index (χ4n) is 1.13. The van der Waals surface area contributed by atoms with Crippen molar-refractivity contribution in [3.05, 3.63) is 28.5 Å². The third-order valence-corrected chi connectivity index (χ3v) is 3.21. The summed E-state index contributed by atoms with van der Waals surface area (Å²) >= 11 is 2.60. The van der Waals surface area contributed by atoms with Crippen molar-refractivity contribution in [2.75, 3.05) is 0 Å². The van der Waals surface area contributed by atoms with Crippen LogP contribution in [0.25, 0.3) is 0 Å². The van der Waals surface area contributed by atoms with Gasteiger partial charge in [0.2, 0.25) is 0 Å². The Morgan fingerprint density at radius 3 is 2.86 bits per heavy atom. The smallest absolute Gasteiger partial charge is 0.102 e. The minimum absolute atomic E-state index is 0.0973. The number of nitrogens with zero attached hydrogens (tertiary/aromatic N) is 3. The first kappa shape index (κ1) is 9.66. The SMILES string of the molecule is Cc1cc(C(NN)c2cnsn2)sn1. The van der Waals surface area contributed by atoms with Crippen molar-refractivity contribution >= 4 is 23.3 Å². The number of nitrogens with two attached hydrogens (primary N) is 1. The van der Waals surface area contributed by atoms with E-state index < -0.39 is 0 Å². The Balaban J connectivity index is 2.31. The second-order valence-corrected chi connectivity index (χ2v) is 4.20. The maximum absolute atomic E-state index is 5.47. The van der Waals surface area contributed by atoms with E-state index in [1.807, 2.05) is 13.0 Å². The summed E-state index contributed by atoms with van der Waals surface area (Å²) in [4.78, 5) is 1.05. The van der Waals surface area contributed by atoms with Crippen molar-refractivity contribution in [3.63, 3.8) is 0 Å². The number of hydrazine groups is 1. The van der Waals surface area contributed by atoms with Gasteiger partial charge < -0.3 is 0 Å². The van der Waals surface area contributed by atoms with Crippen molar-refractivity contribution in [1.29, 1.82) is 0 Å². The van der Waals surface area contributed by atoms with Crippen LogP contribution in [0.1, 0.15) is 22.3 Å². The molecule has 14 heavy (non-hydrogen) atoms. The fraction of sp³-hybridized carbons (Fsp3) is 0.286. The van der Waals surface area contributed by atoms with Crippen molar-refractivity contribution in [1.82, 2.24) is 18.5 Å². The Labute approximate surface area is 89.4 Å². The largest absolute Gasteiger partial charge is 0.270 e. The second-order valence-electron chi connectivity index (χ2n) is 2.80. The van der Waals surface area contributed by atoms with Crippen molar-refractivity contribution in [2.45, 2.75) is 13.0 Å². The Morgan fingerprint density at radius 2 is 2.36 bits per heavy atom. The normalized spacial score (nSPS) is 13.0. The molecule has 1 unspecified atom stereocenters. The average Bonchev–Trinajstić information content (AvgIpc) is 2.79. The van der Waals surface area contributed by atoms with Crippen LogP contribution in [0.15, 0.2) is 12.3 Å². The van der Waals surface area contributed by atoms with Crippen molar-refractivity contribution in [3.8, 4) is 0 Å². The molecular weight excluding hydrogens is 218 g/mol. The Morgan fingerprint density at radius 1 is 1.50 bits per heavy atom. The number of hydrogen-bond donors (Lipinski definition) is 2. The van der Waals surface area contributed by atoms with Gasteiger partial charge in [0.25, 0.3) is 0 Å². The molecule has 0 radical (unpaired) electrons. The highest BCUT2D eigenvalue weighted by molar-refractivity contribution is 7.06. The van der Waals surface area contributed by atoms with Crippen LogP contribution in [-0.4, -0.2) is 13.1 Å². The summed E-state index contributed by atoms with van der Waals surface area (Å²) in [6.07, 6.45) is 1.71. The van der Waals surface area contributed by atoms with Crippen molar-refractivity contribution in [2.24, 2.45) is 5.84 Å². The van der Waals surface area contributed by atoms with E-state index in [1.165, 1.54) is 23.3 Å². The molecule has 0 saturated carbocycles. The third kappa shape index (κ3) is 1.80. The number of hydrogen-bond acceptors (Lipinski definition) is 7. The molecule has 2 aromatic rings. The Kier molecular flexibility index (Phi) is 2.82. The molecule has 0 aromatic carbocycles. The predicted octanol–water partition coefficient (Wildman–Crippen LogP) is 0.856. The zero-order valence-corrected chi connectivity index (χ0v) is 9.10. The molecule has 2 heterocycles. The van der Waals surface area contributed by atoms with Crippen LogP contribution in [0.5, 0.6) is 0 Å². The quantitative estimate of drug-likeness (QED) is 0.600. The van der Waals surface area contributed by atoms with Crippen LogP contribution in [-0.2, 0) is 0 Å². The summed E-state index contributed by atoms with van der Waals surface area (Å²) in [5, 5.41) is 0. The van der Waals surface area contributed by atoms with E-state index in [9.17, 15) is 0 Å². The molecule has 0 amide bonds. The molecule has 1 atom stereocenters. The minimum Gasteiger partial charge on any atom is -0.270 e. The first-order valence-electron chi connectivity index (χ1n) is 3.98. The van der Waals surface area contributed by atoms with E-state index in [0.717, 1.165) is 16.3 Å². The molecule has 3 N–H and O–H groups in total. The Hall–Kier alpha value is -0.890. The lowest BCUT2D eigenvalue weighted by Gasteiger charge is -2.09.